The van der Waals surface area contributed by atoms with Gasteiger partial charge in [-0.1, -0.05) is 12.8 Å². The van der Waals surface area contributed by atoms with Gasteiger partial charge in [0.05, 0.1) is 6.42 Å². The van der Waals surface area contributed by atoms with Crippen molar-refractivity contribution in [3.63, 3.8) is 0 Å². The van der Waals surface area contributed by atoms with Crippen molar-refractivity contribution >= 4 is 27.3 Å². The lowest BCUT2D eigenvalue weighted by Gasteiger charge is -2.26. The monoisotopic (exact) mass is 321 g/mol. The van der Waals surface area contributed by atoms with Gasteiger partial charge in [-0.25, -0.2) is 12.8 Å². The summed E-state index contributed by atoms with van der Waals surface area (Å²) in [5, 5.41) is 10.1. The molecule has 2 rings (SSSR count). The number of hydrogen-bond donors (Lipinski definition) is 1. The summed E-state index contributed by atoms with van der Waals surface area (Å²) < 4.78 is 39.5. The summed E-state index contributed by atoms with van der Waals surface area (Å²) in [5.74, 6) is -1.83. The van der Waals surface area contributed by atoms with E-state index in [0.717, 1.165) is 30.2 Å². The highest BCUT2D eigenvalue weighted by atomic mass is 32.2. The number of hydrogen-bond acceptors (Lipinski definition) is 4. The molecule has 0 atom stereocenters. The third-order valence-electron chi connectivity index (χ3n) is 3.41. The lowest BCUT2D eigenvalue weighted by atomic mass is 10.2. The molecule has 0 unspecified atom stereocenters. The van der Waals surface area contributed by atoms with Crippen LogP contribution in [0.4, 0.5) is 4.39 Å². The third kappa shape index (κ3) is 3.18. The van der Waals surface area contributed by atoms with Crippen LogP contribution in [0.3, 0.4) is 0 Å². The topological polar surface area (TPSA) is 74.7 Å². The first-order valence-electron chi connectivity index (χ1n) is 6.39. The number of aliphatic carboxylic acids is 1. The quantitative estimate of drug-likeness (QED) is 0.872. The smallest absolute Gasteiger partial charge is 0.304 e. The van der Waals surface area contributed by atoms with E-state index in [0.29, 0.717) is 12.8 Å². The Kier molecular flexibility index (Phi) is 4.77. The summed E-state index contributed by atoms with van der Waals surface area (Å²) in [4.78, 5) is 10.7. The molecule has 1 aromatic heterocycles. The highest BCUT2D eigenvalue weighted by molar-refractivity contribution is 7.91. The van der Waals surface area contributed by atoms with Crippen LogP contribution in [-0.4, -0.2) is 36.4 Å². The zero-order chi connectivity index (χ0) is 14.8. The van der Waals surface area contributed by atoms with Crippen LogP contribution in [0.25, 0.3) is 0 Å². The molecular weight excluding hydrogens is 305 g/mol. The van der Waals surface area contributed by atoms with E-state index in [4.69, 9.17) is 5.11 Å². The summed E-state index contributed by atoms with van der Waals surface area (Å²) in [6.45, 7) is -0.111. The molecule has 0 radical (unpaired) electrons. The predicted octanol–water partition coefficient (Wildman–Crippen LogP) is 2.30. The van der Waals surface area contributed by atoms with Crippen LogP contribution in [0.2, 0.25) is 0 Å². The van der Waals surface area contributed by atoms with Crippen molar-refractivity contribution in [1.29, 1.82) is 0 Å². The maximum Gasteiger partial charge on any atom is 0.304 e. The molecule has 5 nitrogen and oxygen atoms in total. The van der Waals surface area contributed by atoms with Gasteiger partial charge in [0.25, 0.3) is 10.0 Å². The van der Waals surface area contributed by atoms with Crippen LogP contribution >= 0.6 is 11.3 Å². The highest BCUT2D eigenvalue weighted by Crippen LogP contribution is 2.31. The number of thiophene rings is 1. The number of halogens is 1. The fourth-order valence-electron chi connectivity index (χ4n) is 2.47. The molecule has 0 aliphatic heterocycles. The first kappa shape index (κ1) is 15.4. The molecule has 1 heterocycles. The predicted molar refractivity (Wildman–Crippen MR) is 72.7 cm³/mol. The van der Waals surface area contributed by atoms with E-state index in [9.17, 15) is 17.6 Å². The highest BCUT2D eigenvalue weighted by Gasteiger charge is 2.35. The molecule has 1 N–H and O–H groups in total. The molecule has 20 heavy (non-hydrogen) atoms. The van der Waals surface area contributed by atoms with E-state index in [2.05, 4.69) is 0 Å². The van der Waals surface area contributed by atoms with Crippen molar-refractivity contribution in [1.82, 2.24) is 4.31 Å². The molecular formula is C12H16FNO4S2. The Labute approximate surface area is 121 Å². The number of carbonyl (C=O) groups is 1. The Morgan fingerprint density at radius 3 is 2.60 bits per heavy atom. The first-order chi connectivity index (χ1) is 9.43. The zero-order valence-electron chi connectivity index (χ0n) is 10.8. The minimum atomic E-state index is -3.95. The van der Waals surface area contributed by atoms with Crippen LogP contribution in [0.1, 0.15) is 32.1 Å². The minimum absolute atomic E-state index is 0.111. The number of carboxylic acid groups (broad SMARTS) is 1. The van der Waals surface area contributed by atoms with Crippen LogP contribution in [0, 0.1) is 5.82 Å². The second-order valence-corrected chi connectivity index (χ2v) is 7.76. The average molecular weight is 321 g/mol. The maximum absolute atomic E-state index is 13.6. The van der Waals surface area contributed by atoms with E-state index >= 15 is 0 Å². The first-order valence-corrected chi connectivity index (χ1v) is 8.71. The maximum atomic E-state index is 13.6. The van der Waals surface area contributed by atoms with Crippen LogP contribution < -0.4 is 0 Å². The molecule has 1 aromatic rings. The van der Waals surface area contributed by atoms with Gasteiger partial charge < -0.3 is 5.11 Å². The second-order valence-electron chi connectivity index (χ2n) is 4.75. The van der Waals surface area contributed by atoms with E-state index in [1.54, 1.807) is 0 Å². The van der Waals surface area contributed by atoms with Crippen LogP contribution in [-0.2, 0) is 14.8 Å². The Balaban J connectivity index is 2.29. The summed E-state index contributed by atoms with van der Waals surface area (Å²) in [6, 6.07) is 0.891. The van der Waals surface area contributed by atoms with Crippen molar-refractivity contribution in [2.24, 2.45) is 0 Å². The van der Waals surface area contributed by atoms with Crippen LogP contribution in [0.15, 0.2) is 15.7 Å². The van der Waals surface area contributed by atoms with E-state index in [1.165, 1.54) is 9.69 Å². The number of carboxylic acids is 1. The molecule has 0 aromatic carbocycles. The number of rotatable bonds is 6. The minimum Gasteiger partial charge on any atom is -0.481 e. The van der Waals surface area contributed by atoms with Crippen molar-refractivity contribution < 1.29 is 22.7 Å². The van der Waals surface area contributed by atoms with E-state index in [1.807, 2.05) is 0 Å². The van der Waals surface area contributed by atoms with Gasteiger partial charge in [-0.3, -0.25) is 4.79 Å². The number of sulfonamides is 1. The van der Waals surface area contributed by atoms with Gasteiger partial charge in [-0.05, 0) is 24.3 Å². The standard InChI is InChI=1S/C12H16FNO4S2/c13-10-6-8-19-12(10)20(17,18)14(7-5-11(15)16)9-3-1-2-4-9/h6,8-9H,1-5,7H2,(H,15,16). The Morgan fingerprint density at radius 1 is 1.45 bits per heavy atom. The van der Waals surface area contributed by atoms with E-state index < -0.39 is 21.8 Å². The summed E-state index contributed by atoms with van der Waals surface area (Å²) in [5.41, 5.74) is 0. The molecule has 1 saturated carbocycles. The molecule has 1 aliphatic rings. The Bertz CT molecular complexity index is 578. The normalized spacial score (nSPS) is 16.9. The lowest BCUT2D eigenvalue weighted by molar-refractivity contribution is -0.137. The molecule has 0 bridgehead atoms. The Hall–Kier alpha value is -0.990. The fraction of sp³-hybridized carbons (Fsp3) is 0.583. The van der Waals surface area contributed by atoms with Gasteiger partial charge in [-0.2, -0.15) is 4.31 Å². The van der Waals surface area contributed by atoms with Gasteiger partial charge >= 0.3 is 5.97 Å². The van der Waals surface area contributed by atoms with Gasteiger partial charge in [0.2, 0.25) is 0 Å². The zero-order valence-corrected chi connectivity index (χ0v) is 12.4. The molecule has 0 spiro atoms. The number of nitrogens with zero attached hydrogens (tertiary/aromatic N) is 1. The SMILES string of the molecule is O=C(O)CCN(C1CCCC1)S(=O)(=O)c1sccc1F. The van der Waals surface area contributed by atoms with Gasteiger partial charge in [-0.15, -0.1) is 11.3 Å². The van der Waals surface area contributed by atoms with Crippen molar-refractivity contribution in [2.75, 3.05) is 6.54 Å². The van der Waals surface area contributed by atoms with Gasteiger partial charge in [0.15, 0.2) is 10.0 Å². The van der Waals surface area contributed by atoms with Gasteiger partial charge in [0.1, 0.15) is 0 Å². The molecule has 1 aliphatic carbocycles. The fourth-order valence-corrected chi connectivity index (χ4v) is 5.36. The molecule has 0 saturated heterocycles. The lowest BCUT2D eigenvalue weighted by Crippen LogP contribution is -2.40. The second kappa shape index (κ2) is 6.19. The molecule has 8 heteroatoms. The van der Waals surface area contributed by atoms with Gasteiger partial charge in [0, 0.05) is 12.6 Å². The average Bonchev–Trinajstić information content (AvgIpc) is 2.99. The van der Waals surface area contributed by atoms with Crippen molar-refractivity contribution in [2.45, 2.75) is 42.4 Å². The summed E-state index contributed by atoms with van der Waals surface area (Å²) in [6.07, 6.45) is 2.95. The van der Waals surface area contributed by atoms with Crippen molar-refractivity contribution in [3.8, 4) is 0 Å². The molecule has 112 valence electrons. The Morgan fingerprint density at radius 2 is 2.10 bits per heavy atom. The summed E-state index contributed by atoms with van der Waals surface area (Å²) in [7, 11) is -3.95. The largest absolute Gasteiger partial charge is 0.481 e. The summed E-state index contributed by atoms with van der Waals surface area (Å²) >= 11 is 0.826. The van der Waals surface area contributed by atoms with Crippen molar-refractivity contribution in [3.05, 3.63) is 17.3 Å². The van der Waals surface area contributed by atoms with Crippen LogP contribution in [0.5, 0.6) is 0 Å². The van der Waals surface area contributed by atoms with E-state index in [-0.39, 0.29) is 23.2 Å². The third-order valence-corrected chi connectivity index (χ3v) is 6.77. The molecule has 0 amide bonds. The molecule has 1 fully saturated rings.